The van der Waals surface area contributed by atoms with Crippen molar-refractivity contribution >= 4 is 12.0 Å². The number of hydrogen-bond acceptors (Lipinski definition) is 2. The molecule has 20 heavy (non-hydrogen) atoms. The summed E-state index contributed by atoms with van der Waals surface area (Å²) in [5.41, 5.74) is 0.846. The van der Waals surface area contributed by atoms with E-state index < -0.39 is 0 Å². The van der Waals surface area contributed by atoms with Gasteiger partial charge in [-0.2, -0.15) is 0 Å². The molecule has 1 amide bonds. The number of halogens is 1. The fourth-order valence-electron chi connectivity index (χ4n) is 3.13. The van der Waals surface area contributed by atoms with Crippen molar-refractivity contribution in [1.29, 1.82) is 0 Å². The first-order chi connectivity index (χ1) is 9.70. The molecule has 0 aromatic heterocycles. The summed E-state index contributed by atoms with van der Waals surface area (Å²) < 4.78 is 12.8. The molecular weight excluding hydrogens is 255 g/mol. The zero-order valence-electron chi connectivity index (χ0n) is 11.4. The number of carbonyl (C=O) groups excluding carboxylic acids is 1. The summed E-state index contributed by atoms with van der Waals surface area (Å²) in [6.45, 7) is 3.72. The predicted molar refractivity (Wildman–Crippen MR) is 76.5 cm³/mol. The molecule has 2 bridgehead atoms. The largest absolute Gasteiger partial charge is 0.339 e. The topological polar surface area (TPSA) is 32.3 Å². The van der Waals surface area contributed by atoms with Crippen molar-refractivity contribution in [2.24, 2.45) is 11.8 Å². The molecule has 2 aliphatic rings. The fourth-order valence-corrected chi connectivity index (χ4v) is 3.13. The fraction of sp³-hybridized carbons (Fsp3) is 0.438. The number of carbonyl (C=O) groups is 1. The van der Waals surface area contributed by atoms with Crippen molar-refractivity contribution in [2.45, 2.75) is 6.42 Å². The highest BCUT2D eigenvalue weighted by Crippen LogP contribution is 2.24. The molecule has 0 spiro atoms. The molecule has 2 saturated heterocycles. The SMILES string of the molecule is O=C(/C=C/c1ccc(F)cc1)N1C[C@@H]2CNC[C@@H](C2)C1. The lowest BCUT2D eigenvalue weighted by atomic mass is 9.86. The lowest BCUT2D eigenvalue weighted by Crippen LogP contribution is -2.52. The smallest absolute Gasteiger partial charge is 0.246 e. The van der Waals surface area contributed by atoms with E-state index in [4.69, 9.17) is 0 Å². The van der Waals surface area contributed by atoms with E-state index in [9.17, 15) is 9.18 Å². The number of piperidine rings is 2. The summed E-state index contributed by atoms with van der Waals surface area (Å²) in [4.78, 5) is 14.2. The molecule has 0 unspecified atom stereocenters. The van der Waals surface area contributed by atoms with Gasteiger partial charge in [-0.1, -0.05) is 12.1 Å². The summed E-state index contributed by atoms with van der Waals surface area (Å²) >= 11 is 0. The van der Waals surface area contributed by atoms with Gasteiger partial charge in [-0.15, -0.1) is 0 Å². The molecule has 4 heteroatoms. The molecule has 106 valence electrons. The third-order valence-corrected chi connectivity index (χ3v) is 4.09. The Labute approximate surface area is 118 Å². The van der Waals surface area contributed by atoms with Gasteiger partial charge in [0, 0.05) is 19.2 Å². The van der Waals surface area contributed by atoms with Crippen LogP contribution >= 0.6 is 0 Å². The molecule has 0 aliphatic carbocycles. The third kappa shape index (κ3) is 3.07. The Hall–Kier alpha value is -1.68. The van der Waals surface area contributed by atoms with Crippen LogP contribution < -0.4 is 5.32 Å². The summed E-state index contributed by atoms with van der Waals surface area (Å²) in [7, 11) is 0. The standard InChI is InChI=1S/C16H19FN2O/c17-15-4-1-12(2-5-15)3-6-16(20)19-10-13-7-14(11-19)9-18-8-13/h1-6,13-14,18H,7-11H2/b6-3+/t13-,14+. The molecule has 3 nitrogen and oxygen atoms in total. The van der Waals surface area contributed by atoms with Crippen LogP contribution in [0.5, 0.6) is 0 Å². The van der Waals surface area contributed by atoms with E-state index in [1.54, 1.807) is 24.3 Å². The summed E-state index contributed by atoms with van der Waals surface area (Å²) in [5, 5.41) is 3.42. The van der Waals surface area contributed by atoms with Gasteiger partial charge in [-0.25, -0.2) is 4.39 Å². The van der Waals surface area contributed by atoms with E-state index in [-0.39, 0.29) is 11.7 Å². The number of likely N-dealkylation sites (tertiary alicyclic amines) is 1. The number of benzene rings is 1. The van der Waals surface area contributed by atoms with Crippen molar-refractivity contribution in [3.63, 3.8) is 0 Å². The van der Waals surface area contributed by atoms with Gasteiger partial charge in [0.2, 0.25) is 5.91 Å². The molecule has 2 atom stereocenters. The minimum absolute atomic E-state index is 0.0610. The van der Waals surface area contributed by atoms with Crippen LogP contribution in [0.3, 0.4) is 0 Å². The number of nitrogens with one attached hydrogen (secondary N) is 1. The number of fused-ring (bicyclic) bond motifs is 2. The van der Waals surface area contributed by atoms with Crippen LogP contribution in [0.4, 0.5) is 4.39 Å². The molecule has 0 saturated carbocycles. The van der Waals surface area contributed by atoms with Gasteiger partial charge in [0.25, 0.3) is 0 Å². The molecule has 3 rings (SSSR count). The lowest BCUT2D eigenvalue weighted by Gasteiger charge is -2.41. The van der Waals surface area contributed by atoms with Gasteiger partial charge in [0.05, 0.1) is 0 Å². The molecular formula is C16H19FN2O. The van der Waals surface area contributed by atoms with Gasteiger partial charge < -0.3 is 10.2 Å². The Morgan fingerprint density at radius 1 is 1.20 bits per heavy atom. The molecule has 1 N–H and O–H groups in total. The monoisotopic (exact) mass is 274 g/mol. The first kappa shape index (κ1) is 13.3. The van der Waals surface area contributed by atoms with Crippen molar-refractivity contribution in [3.8, 4) is 0 Å². The number of hydrogen-bond donors (Lipinski definition) is 1. The van der Waals surface area contributed by atoms with E-state index in [2.05, 4.69) is 5.32 Å². The van der Waals surface area contributed by atoms with E-state index >= 15 is 0 Å². The summed E-state index contributed by atoms with van der Waals surface area (Å²) in [6.07, 6.45) is 4.59. The highest BCUT2D eigenvalue weighted by atomic mass is 19.1. The second-order valence-electron chi connectivity index (χ2n) is 5.75. The minimum Gasteiger partial charge on any atom is -0.339 e. The number of rotatable bonds is 2. The van der Waals surface area contributed by atoms with Crippen LogP contribution in [0.25, 0.3) is 6.08 Å². The average Bonchev–Trinajstić information content (AvgIpc) is 2.46. The van der Waals surface area contributed by atoms with Crippen LogP contribution in [0, 0.1) is 17.7 Å². The van der Waals surface area contributed by atoms with Crippen LogP contribution in [0.15, 0.2) is 30.3 Å². The maximum atomic E-state index is 12.8. The molecule has 1 aromatic rings. The van der Waals surface area contributed by atoms with Crippen LogP contribution in [0.1, 0.15) is 12.0 Å². The zero-order valence-corrected chi connectivity index (χ0v) is 11.4. The van der Waals surface area contributed by atoms with E-state index in [0.29, 0.717) is 11.8 Å². The third-order valence-electron chi connectivity index (χ3n) is 4.09. The molecule has 2 fully saturated rings. The zero-order chi connectivity index (χ0) is 13.9. The molecule has 0 radical (unpaired) electrons. The van der Waals surface area contributed by atoms with Crippen molar-refractivity contribution < 1.29 is 9.18 Å². The Bertz CT molecular complexity index is 500. The Morgan fingerprint density at radius 3 is 2.50 bits per heavy atom. The van der Waals surface area contributed by atoms with Crippen LogP contribution in [-0.2, 0) is 4.79 Å². The molecule has 2 heterocycles. The highest BCUT2D eigenvalue weighted by Gasteiger charge is 2.31. The summed E-state index contributed by atoms with van der Waals surface area (Å²) in [5.74, 6) is 0.979. The molecule has 2 aliphatic heterocycles. The Kier molecular flexibility index (Phi) is 3.83. The quantitative estimate of drug-likeness (QED) is 0.836. The maximum Gasteiger partial charge on any atom is 0.246 e. The van der Waals surface area contributed by atoms with Crippen LogP contribution in [-0.4, -0.2) is 37.0 Å². The lowest BCUT2D eigenvalue weighted by molar-refractivity contribution is -0.129. The number of amides is 1. The second-order valence-corrected chi connectivity index (χ2v) is 5.75. The van der Waals surface area contributed by atoms with E-state index in [1.807, 2.05) is 4.90 Å². The minimum atomic E-state index is -0.259. The Balaban J connectivity index is 1.62. The maximum absolute atomic E-state index is 12.8. The Morgan fingerprint density at radius 2 is 1.85 bits per heavy atom. The first-order valence-electron chi connectivity index (χ1n) is 7.14. The van der Waals surface area contributed by atoms with Gasteiger partial charge in [0.15, 0.2) is 0 Å². The van der Waals surface area contributed by atoms with Gasteiger partial charge in [0.1, 0.15) is 5.82 Å². The van der Waals surface area contributed by atoms with Gasteiger partial charge in [-0.05, 0) is 55.1 Å². The van der Waals surface area contributed by atoms with Crippen molar-refractivity contribution in [2.75, 3.05) is 26.2 Å². The van der Waals surface area contributed by atoms with E-state index in [0.717, 1.165) is 31.7 Å². The van der Waals surface area contributed by atoms with Gasteiger partial charge in [-0.3, -0.25) is 4.79 Å². The second kappa shape index (κ2) is 5.75. The predicted octanol–water partition coefficient (Wildman–Crippen LogP) is 1.91. The molecule has 1 aromatic carbocycles. The normalized spacial score (nSPS) is 25.9. The average molecular weight is 274 g/mol. The van der Waals surface area contributed by atoms with Gasteiger partial charge >= 0.3 is 0 Å². The van der Waals surface area contributed by atoms with Crippen LogP contribution in [0.2, 0.25) is 0 Å². The van der Waals surface area contributed by atoms with Crippen molar-refractivity contribution in [1.82, 2.24) is 10.2 Å². The van der Waals surface area contributed by atoms with Crippen molar-refractivity contribution in [3.05, 3.63) is 41.7 Å². The first-order valence-corrected chi connectivity index (χ1v) is 7.14. The van der Waals surface area contributed by atoms with E-state index in [1.165, 1.54) is 18.6 Å². The number of nitrogens with zero attached hydrogens (tertiary/aromatic N) is 1. The summed E-state index contributed by atoms with van der Waals surface area (Å²) in [6, 6.07) is 6.16. The highest BCUT2D eigenvalue weighted by molar-refractivity contribution is 5.91.